The zero-order valence-electron chi connectivity index (χ0n) is 17.7. The summed E-state index contributed by atoms with van der Waals surface area (Å²) < 4.78 is 29.4. The van der Waals surface area contributed by atoms with Crippen LogP contribution in [0.4, 0.5) is 0 Å². The van der Waals surface area contributed by atoms with Crippen LogP contribution in [0.2, 0.25) is 0 Å². The SMILES string of the molecule is Cc1nnc2n1C[C@H](c1cccc(C(=O)N3CCN(S(=O)(=O)N(C)C)CC3)c1)CC2. The molecular weight excluding hydrogens is 404 g/mol. The van der Waals surface area contributed by atoms with Crippen molar-refractivity contribution in [2.45, 2.75) is 32.2 Å². The molecule has 2 aromatic rings. The van der Waals surface area contributed by atoms with Crippen molar-refractivity contribution in [1.82, 2.24) is 28.3 Å². The van der Waals surface area contributed by atoms with Crippen LogP contribution in [-0.4, -0.2) is 82.9 Å². The number of amides is 1. The van der Waals surface area contributed by atoms with Gasteiger partial charge in [0.15, 0.2) is 0 Å². The number of nitrogens with zero attached hydrogens (tertiary/aromatic N) is 6. The number of piperazine rings is 1. The number of benzene rings is 1. The molecule has 2 aliphatic heterocycles. The van der Waals surface area contributed by atoms with Crippen LogP contribution in [0.3, 0.4) is 0 Å². The van der Waals surface area contributed by atoms with Gasteiger partial charge in [-0.05, 0) is 31.0 Å². The van der Waals surface area contributed by atoms with Gasteiger partial charge in [-0.3, -0.25) is 4.79 Å². The molecule has 0 bridgehead atoms. The van der Waals surface area contributed by atoms with E-state index < -0.39 is 10.2 Å². The van der Waals surface area contributed by atoms with Gasteiger partial charge in [-0.25, -0.2) is 0 Å². The molecule has 0 saturated carbocycles. The van der Waals surface area contributed by atoms with E-state index >= 15 is 0 Å². The lowest BCUT2D eigenvalue weighted by Gasteiger charge is -2.35. The van der Waals surface area contributed by atoms with Gasteiger partial charge in [0.05, 0.1) is 0 Å². The Balaban J connectivity index is 1.45. The Kier molecular flexibility index (Phi) is 5.65. The first-order valence-electron chi connectivity index (χ1n) is 10.2. The summed E-state index contributed by atoms with van der Waals surface area (Å²) in [6, 6.07) is 7.84. The van der Waals surface area contributed by atoms with Crippen LogP contribution in [0.1, 0.15) is 39.9 Å². The van der Waals surface area contributed by atoms with E-state index in [1.165, 1.54) is 22.7 Å². The summed E-state index contributed by atoms with van der Waals surface area (Å²) in [6.07, 6.45) is 1.86. The Morgan fingerprint density at radius 3 is 2.57 bits per heavy atom. The molecule has 162 valence electrons. The Morgan fingerprint density at radius 1 is 1.13 bits per heavy atom. The minimum absolute atomic E-state index is 0.0456. The highest BCUT2D eigenvalue weighted by Crippen LogP contribution is 2.29. The van der Waals surface area contributed by atoms with Gasteiger partial charge in [0.2, 0.25) is 0 Å². The third-order valence-electron chi connectivity index (χ3n) is 6.05. The molecule has 0 N–H and O–H groups in total. The molecule has 1 saturated heterocycles. The number of rotatable bonds is 4. The van der Waals surface area contributed by atoms with Crippen LogP contribution in [0, 0.1) is 6.92 Å². The molecule has 30 heavy (non-hydrogen) atoms. The average Bonchev–Trinajstić information content (AvgIpc) is 3.13. The highest BCUT2D eigenvalue weighted by Gasteiger charge is 2.31. The van der Waals surface area contributed by atoms with Gasteiger partial charge in [-0.2, -0.15) is 17.0 Å². The molecule has 1 aromatic heterocycles. The van der Waals surface area contributed by atoms with E-state index in [1.807, 2.05) is 25.1 Å². The Labute approximate surface area is 177 Å². The molecule has 4 rings (SSSR count). The number of hydrogen-bond acceptors (Lipinski definition) is 5. The third kappa shape index (κ3) is 3.86. The standard InChI is InChI=1S/C20H28N6O3S/c1-15-21-22-19-8-7-18(14-26(15)19)16-5-4-6-17(13-16)20(27)24-9-11-25(12-10-24)30(28,29)23(2)3/h4-6,13,18H,7-12,14H2,1-3H3/t18-/m1/s1. The molecule has 10 heteroatoms. The molecule has 1 fully saturated rings. The minimum atomic E-state index is -3.44. The highest BCUT2D eigenvalue weighted by atomic mass is 32.2. The van der Waals surface area contributed by atoms with Crippen LogP contribution in [0.5, 0.6) is 0 Å². The van der Waals surface area contributed by atoms with Gasteiger partial charge in [-0.15, -0.1) is 10.2 Å². The monoisotopic (exact) mass is 432 g/mol. The van der Waals surface area contributed by atoms with Crippen LogP contribution < -0.4 is 0 Å². The summed E-state index contributed by atoms with van der Waals surface area (Å²) in [4.78, 5) is 14.8. The van der Waals surface area contributed by atoms with E-state index in [2.05, 4.69) is 20.8 Å². The number of aromatic nitrogens is 3. The smallest absolute Gasteiger partial charge is 0.281 e. The zero-order chi connectivity index (χ0) is 21.5. The van der Waals surface area contributed by atoms with Gasteiger partial charge >= 0.3 is 0 Å². The summed E-state index contributed by atoms with van der Waals surface area (Å²) in [6.45, 7) is 4.20. The molecule has 1 atom stereocenters. The van der Waals surface area contributed by atoms with E-state index in [-0.39, 0.29) is 5.91 Å². The highest BCUT2D eigenvalue weighted by molar-refractivity contribution is 7.86. The molecule has 0 radical (unpaired) electrons. The van der Waals surface area contributed by atoms with Crippen molar-refractivity contribution in [3.05, 3.63) is 47.0 Å². The third-order valence-corrected chi connectivity index (χ3v) is 7.99. The molecule has 1 amide bonds. The Bertz CT molecular complexity index is 1040. The first-order chi connectivity index (χ1) is 14.3. The van der Waals surface area contributed by atoms with Gasteiger partial charge in [0.25, 0.3) is 16.1 Å². The normalized spacial score (nSPS) is 20.4. The lowest BCUT2D eigenvalue weighted by molar-refractivity contribution is 0.0695. The van der Waals surface area contributed by atoms with Crippen LogP contribution in [-0.2, 0) is 23.2 Å². The molecule has 0 aliphatic carbocycles. The molecule has 2 aliphatic rings. The molecule has 1 aromatic carbocycles. The largest absolute Gasteiger partial charge is 0.336 e. The van der Waals surface area contributed by atoms with Crippen molar-refractivity contribution in [2.75, 3.05) is 40.3 Å². The fraction of sp³-hybridized carbons (Fsp3) is 0.550. The number of carbonyl (C=O) groups excluding carboxylic acids is 1. The second kappa shape index (κ2) is 8.09. The second-order valence-corrected chi connectivity index (χ2v) is 10.3. The maximum atomic E-state index is 13.1. The van der Waals surface area contributed by atoms with Crippen molar-refractivity contribution in [2.24, 2.45) is 0 Å². The van der Waals surface area contributed by atoms with Crippen molar-refractivity contribution < 1.29 is 13.2 Å². The van der Waals surface area contributed by atoms with Crippen molar-refractivity contribution in [3.63, 3.8) is 0 Å². The Hall–Kier alpha value is -2.30. The first-order valence-corrected chi connectivity index (χ1v) is 11.6. The number of hydrogen-bond donors (Lipinski definition) is 0. The molecule has 0 unspecified atom stereocenters. The van der Waals surface area contributed by atoms with Crippen LogP contribution in [0.25, 0.3) is 0 Å². The van der Waals surface area contributed by atoms with Crippen molar-refractivity contribution in [3.8, 4) is 0 Å². The van der Waals surface area contributed by atoms with Gasteiger partial charge in [0, 0.05) is 64.7 Å². The minimum Gasteiger partial charge on any atom is -0.336 e. The molecule has 0 spiro atoms. The van der Waals surface area contributed by atoms with E-state index in [0.29, 0.717) is 37.7 Å². The summed E-state index contributed by atoms with van der Waals surface area (Å²) in [5, 5.41) is 8.40. The van der Waals surface area contributed by atoms with Gasteiger partial charge in [-0.1, -0.05) is 12.1 Å². The van der Waals surface area contributed by atoms with E-state index in [4.69, 9.17) is 0 Å². The Morgan fingerprint density at radius 2 is 1.87 bits per heavy atom. The number of carbonyl (C=O) groups is 1. The van der Waals surface area contributed by atoms with Gasteiger partial charge in [0.1, 0.15) is 11.6 Å². The summed E-state index contributed by atoms with van der Waals surface area (Å²) >= 11 is 0. The quantitative estimate of drug-likeness (QED) is 0.715. The van der Waals surface area contributed by atoms with E-state index in [9.17, 15) is 13.2 Å². The van der Waals surface area contributed by atoms with E-state index in [1.54, 1.807) is 4.90 Å². The summed E-state index contributed by atoms with van der Waals surface area (Å²) in [5.74, 6) is 2.23. The predicted octanol–water partition coefficient (Wildman–Crippen LogP) is 0.881. The van der Waals surface area contributed by atoms with Gasteiger partial charge < -0.3 is 9.47 Å². The number of aryl methyl sites for hydroxylation is 2. The summed E-state index contributed by atoms with van der Waals surface area (Å²) in [5.41, 5.74) is 1.80. The molecular formula is C20H28N6O3S. The fourth-order valence-electron chi connectivity index (χ4n) is 4.20. The predicted molar refractivity (Wildman–Crippen MR) is 112 cm³/mol. The van der Waals surface area contributed by atoms with Crippen LogP contribution in [0.15, 0.2) is 24.3 Å². The topological polar surface area (TPSA) is 91.6 Å². The lowest BCUT2D eigenvalue weighted by atomic mass is 9.90. The molecule has 9 nitrogen and oxygen atoms in total. The lowest BCUT2D eigenvalue weighted by Crippen LogP contribution is -2.53. The van der Waals surface area contributed by atoms with E-state index in [0.717, 1.165) is 36.6 Å². The average molecular weight is 433 g/mol. The second-order valence-electron chi connectivity index (χ2n) is 8.12. The zero-order valence-corrected chi connectivity index (χ0v) is 18.5. The fourth-order valence-corrected chi connectivity index (χ4v) is 5.28. The van der Waals surface area contributed by atoms with Crippen molar-refractivity contribution in [1.29, 1.82) is 0 Å². The maximum absolute atomic E-state index is 13.1. The number of fused-ring (bicyclic) bond motifs is 1. The maximum Gasteiger partial charge on any atom is 0.281 e. The van der Waals surface area contributed by atoms with Crippen molar-refractivity contribution >= 4 is 16.1 Å². The molecule has 3 heterocycles. The summed E-state index contributed by atoms with van der Waals surface area (Å²) in [7, 11) is -0.398. The van der Waals surface area contributed by atoms with Crippen LogP contribution >= 0.6 is 0 Å². The first kappa shape index (κ1) is 21.0.